The molecule has 1 saturated heterocycles. The second-order valence-electron chi connectivity index (χ2n) is 7.10. The van der Waals surface area contributed by atoms with Crippen molar-refractivity contribution in [2.75, 3.05) is 12.3 Å². The van der Waals surface area contributed by atoms with Gasteiger partial charge >= 0.3 is 18.1 Å². The van der Waals surface area contributed by atoms with Crippen molar-refractivity contribution in [1.29, 1.82) is 0 Å². The Balaban J connectivity index is 1.40. The molecule has 3 N–H and O–H groups in total. The van der Waals surface area contributed by atoms with Crippen LogP contribution in [0.3, 0.4) is 0 Å². The lowest BCUT2D eigenvalue weighted by Crippen LogP contribution is -2.41. The molecular weight excluding hydrogens is 421 g/mol. The number of fused-ring (bicyclic) bond motifs is 1. The molecule has 0 amide bonds. The van der Waals surface area contributed by atoms with Crippen LogP contribution in [0.5, 0.6) is 0 Å². The zero-order valence-corrected chi connectivity index (χ0v) is 16.4. The number of carbonyl (C=O) groups excluding carboxylic acids is 1. The van der Waals surface area contributed by atoms with Gasteiger partial charge in [-0.15, -0.1) is 0 Å². The van der Waals surface area contributed by atoms with Crippen LogP contribution in [0.15, 0.2) is 20.0 Å². The fraction of sp³-hybridized carbons (Fsp3) is 0.471. The molecule has 0 radical (unpaired) electrons. The van der Waals surface area contributed by atoms with Crippen molar-refractivity contribution in [3.8, 4) is 0 Å². The van der Waals surface area contributed by atoms with Crippen molar-refractivity contribution in [3.63, 3.8) is 0 Å². The van der Waals surface area contributed by atoms with Gasteiger partial charge in [0.2, 0.25) is 0 Å². The van der Waals surface area contributed by atoms with Gasteiger partial charge in [-0.2, -0.15) is 14.4 Å². The Bertz CT molecular complexity index is 1190. The highest BCUT2D eigenvalue weighted by molar-refractivity contribution is 5.81. The summed E-state index contributed by atoms with van der Waals surface area (Å²) in [6.07, 6.45) is -2.48. The average molecular weight is 439 g/mol. The molecule has 166 valence electrons. The minimum atomic E-state index is -1.30. The molecule has 3 aromatic heterocycles. The molecule has 0 saturated carbocycles. The summed E-state index contributed by atoms with van der Waals surface area (Å²) in [7, 11) is 0. The van der Waals surface area contributed by atoms with E-state index in [4.69, 9.17) is 24.4 Å². The second-order valence-corrected chi connectivity index (χ2v) is 7.10. The summed E-state index contributed by atoms with van der Waals surface area (Å²) in [6, 6.07) is 0. The molecule has 4 heterocycles. The Morgan fingerprint density at radius 2 is 2.19 bits per heavy atom. The molecule has 1 aliphatic heterocycles. The van der Waals surface area contributed by atoms with Crippen LogP contribution in [0.1, 0.15) is 31.1 Å². The summed E-state index contributed by atoms with van der Waals surface area (Å²) < 4.78 is 40.1. The van der Waals surface area contributed by atoms with Gasteiger partial charge < -0.3 is 33.9 Å². The summed E-state index contributed by atoms with van der Waals surface area (Å²) in [5, 5.41) is 10.5. The van der Waals surface area contributed by atoms with Gasteiger partial charge in [0.15, 0.2) is 35.1 Å². The van der Waals surface area contributed by atoms with Crippen LogP contribution in [0.4, 0.5) is 15.0 Å². The fourth-order valence-corrected chi connectivity index (χ4v) is 3.17. The molecule has 1 aliphatic rings. The predicted molar refractivity (Wildman–Crippen MR) is 97.0 cm³/mol. The number of hydrogen-bond acceptors (Lipinski definition) is 12. The van der Waals surface area contributed by atoms with Gasteiger partial charge in [-0.1, -0.05) is 0 Å². The molecule has 4 rings (SSSR count). The van der Waals surface area contributed by atoms with E-state index in [-0.39, 0.29) is 48.1 Å². The molecule has 0 aromatic carbocycles. The number of aromatic nitrogens is 4. The highest BCUT2D eigenvalue weighted by Crippen LogP contribution is 2.38. The molecule has 3 aromatic rings. The zero-order chi connectivity index (χ0) is 22.3. The first-order valence-corrected chi connectivity index (χ1v) is 9.06. The lowest BCUT2D eigenvalue weighted by atomic mass is 10.0. The third kappa shape index (κ3) is 3.94. The minimum absolute atomic E-state index is 0.0471. The van der Waals surface area contributed by atoms with E-state index in [1.807, 2.05) is 0 Å². The van der Waals surface area contributed by atoms with Gasteiger partial charge in [0.1, 0.15) is 18.4 Å². The monoisotopic (exact) mass is 439 g/mol. The van der Waals surface area contributed by atoms with E-state index in [0.29, 0.717) is 0 Å². The molecule has 0 unspecified atom stereocenters. The number of rotatable bonds is 5. The Labute approximate surface area is 172 Å². The summed E-state index contributed by atoms with van der Waals surface area (Å²) >= 11 is 0. The number of nitrogens with zero attached hydrogens (tertiary/aromatic N) is 4. The summed E-state index contributed by atoms with van der Waals surface area (Å²) in [6.45, 7) is 2.29. The molecule has 1 fully saturated rings. The first-order valence-electron chi connectivity index (χ1n) is 9.06. The smallest absolute Gasteiger partial charge is 0.431 e. The van der Waals surface area contributed by atoms with E-state index in [1.54, 1.807) is 0 Å². The summed E-state index contributed by atoms with van der Waals surface area (Å²) in [5.74, 6) is -0.816. The van der Waals surface area contributed by atoms with Crippen LogP contribution >= 0.6 is 0 Å². The lowest BCUT2D eigenvalue weighted by molar-refractivity contribution is -0.122. The van der Waals surface area contributed by atoms with Crippen LogP contribution in [0.25, 0.3) is 11.2 Å². The SMILES string of the molecule is Cc1oc(=O)oc1COC(=O)OC[C@@]1(C)O[C@@H](n2cnc3c(N)nc(F)nc32)C[C@@H]1O. The van der Waals surface area contributed by atoms with Crippen LogP contribution in [0, 0.1) is 13.0 Å². The lowest BCUT2D eigenvalue weighted by Gasteiger charge is -2.26. The minimum Gasteiger partial charge on any atom is -0.431 e. The van der Waals surface area contributed by atoms with Gasteiger partial charge in [-0.25, -0.2) is 14.6 Å². The Hall–Kier alpha value is -3.52. The number of aliphatic hydroxyl groups is 1. The zero-order valence-electron chi connectivity index (χ0n) is 16.4. The van der Waals surface area contributed by atoms with Gasteiger partial charge in [0.05, 0.1) is 12.4 Å². The maximum atomic E-state index is 13.6. The summed E-state index contributed by atoms with van der Waals surface area (Å²) in [5.41, 5.74) is 4.65. The number of nitrogens with two attached hydrogens (primary N) is 1. The van der Waals surface area contributed by atoms with Crippen molar-refractivity contribution in [1.82, 2.24) is 19.5 Å². The van der Waals surface area contributed by atoms with Crippen LogP contribution in [-0.4, -0.2) is 49.1 Å². The first kappa shape index (κ1) is 20.7. The molecule has 0 bridgehead atoms. The summed E-state index contributed by atoms with van der Waals surface area (Å²) in [4.78, 5) is 34.0. The van der Waals surface area contributed by atoms with E-state index in [2.05, 4.69) is 19.4 Å². The Morgan fingerprint density at radius 1 is 1.42 bits per heavy atom. The standard InChI is InChI=1S/C17H18FN5O8/c1-7-8(30-16(26)29-7)4-27-15(25)28-5-17(2)9(24)3-10(31-17)23-6-20-11-12(19)21-14(18)22-13(11)23/h6,9-10,24H,3-5H2,1-2H3,(H2,19,21,22)/t9-,10+,17+/m0/s1. The number of halogens is 1. The number of aryl methyl sites for hydroxylation is 1. The quantitative estimate of drug-likeness (QED) is 0.422. The van der Waals surface area contributed by atoms with E-state index in [9.17, 15) is 19.1 Å². The van der Waals surface area contributed by atoms with E-state index >= 15 is 0 Å². The van der Waals surface area contributed by atoms with Crippen molar-refractivity contribution in [3.05, 3.63) is 34.5 Å². The first-order chi connectivity index (χ1) is 14.7. The average Bonchev–Trinajstić information content (AvgIpc) is 3.34. The predicted octanol–water partition coefficient (Wildman–Crippen LogP) is 0.794. The molecule has 31 heavy (non-hydrogen) atoms. The number of nitrogen functional groups attached to an aromatic ring is 1. The molecular formula is C17H18FN5O8. The third-order valence-corrected chi connectivity index (χ3v) is 4.90. The number of hydrogen-bond donors (Lipinski definition) is 2. The van der Waals surface area contributed by atoms with Crippen LogP contribution in [0.2, 0.25) is 0 Å². The molecule has 14 heteroatoms. The van der Waals surface area contributed by atoms with E-state index in [0.717, 1.165) is 0 Å². The Kier molecular flexibility index (Phi) is 5.10. The van der Waals surface area contributed by atoms with Crippen molar-refractivity contribution >= 4 is 23.1 Å². The second kappa shape index (κ2) is 7.63. The molecule has 3 atom stereocenters. The number of imidazole rings is 1. The highest BCUT2D eigenvalue weighted by Gasteiger charge is 2.47. The van der Waals surface area contributed by atoms with Gasteiger partial charge in [-0.3, -0.25) is 4.57 Å². The van der Waals surface area contributed by atoms with Crippen molar-refractivity contribution < 1.29 is 37.3 Å². The van der Waals surface area contributed by atoms with Gasteiger partial charge in [-0.05, 0) is 13.8 Å². The number of anilines is 1. The molecule has 13 nitrogen and oxygen atoms in total. The van der Waals surface area contributed by atoms with E-state index in [1.165, 1.54) is 24.7 Å². The number of aliphatic hydroxyl groups excluding tert-OH is 1. The third-order valence-electron chi connectivity index (χ3n) is 4.90. The maximum absolute atomic E-state index is 13.6. The molecule has 0 spiro atoms. The largest absolute Gasteiger partial charge is 0.519 e. The number of carbonyl (C=O) groups is 1. The van der Waals surface area contributed by atoms with Gasteiger partial charge in [0, 0.05) is 6.42 Å². The van der Waals surface area contributed by atoms with Crippen LogP contribution in [-0.2, 0) is 20.8 Å². The highest BCUT2D eigenvalue weighted by atomic mass is 19.1. The fourth-order valence-electron chi connectivity index (χ4n) is 3.17. The maximum Gasteiger partial charge on any atom is 0.519 e. The van der Waals surface area contributed by atoms with Crippen LogP contribution < -0.4 is 11.6 Å². The Morgan fingerprint density at radius 3 is 2.90 bits per heavy atom. The number of ether oxygens (including phenoxy) is 3. The van der Waals surface area contributed by atoms with Crippen molar-refractivity contribution in [2.45, 2.75) is 44.8 Å². The van der Waals surface area contributed by atoms with Gasteiger partial charge in [0.25, 0.3) is 0 Å². The van der Waals surface area contributed by atoms with E-state index < -0.39 is 36.0 Å². The topological polar surface area (TPSA) is 178 Å². The molecule has 0 aliphatic carbocycles. The normalized spacial score (nSPS) is 23.4. The van der Waals surface area contributed by atoms with Crippen molar-refractivity contribution in [2.24, 2.45) is 0 Å².